The molecule has 5 heterocycles. The monoisotopic (exact) mass is 839 g/mol. The van der Waals surface area contributed by atoms with Crippen molar-refractivity contribution in [1.29, 1.82) is 0 Å². The molecular weight excluding hydrogens is 785 g/mol. The molecule has 1 amide bonds. The van der Waals surface area contributed by atoms with Crippen molar-refractivity contribution in [3.63, 3.8) is 0 Å². The van der Waals surface area contributed by atoms with Crippen LogP contribution >= 0.6 is 7.60 Å². The number of carbonyl (C=O) groups is 2. The van der Waals surface area contributed by atoms with E-state index in [9.17, 15) is 19.3 Å². The molecule has 0 radical (unpaired) electrons. The van der Waals surface area contributed by atoms with Crippen LogP contribution < -0.4 is 4.90 Å². The average molecular weight is 840 g/mol. The van der Waals surface area contributed by atoms with Gasteiger partial charge in [-0.25, -0.2) is 19.4 Å². The molecule has 3 aromatic heterocycles. The van der Waals surface area contributed by atoms with Gasteiger partial charge in [-0.15, -0.1) is 15.0 Å². The lowest BCUT2D eigenvalue weighted by atomic mass is 9.91. The first-order valence-corrected chi connectivity index (χ1v) is 24.4. The van der Waals surface area contributed by atoms with Crippen molar-refractivity contribution >= 4 is 44.9 Å². The molecular formula is C34H54N9O12PSi. The highest BCUT2D eigenvalue weighted by Gasteiger charge is 2.59. The predicted octanol–water partition coefficient (Wildman–Crippen LogP) is 4.26. The summed E-state index contributed by atoms with van der Waals surface area (Å²) >= 11 is 0. The van der Waals surface area contributed by atoms with Crippen molar-refractivity contribution in [3.05, 3.63) is 17.8 Å². The molecule has 1 saturated carbocycles. The number of ether oxygens (including phenoxy) is 6. The molecule has 1 N–H and O–H groups in total. The summed E-state index contributed by atoms with van der Waals surface area (Å²) in [5, 5.41) is 26.1. The van der Waals surface area contributed by atoms with Gasteiger partial charge in [0.2, 0.25) is 0 Å². The molecule has 1 aliphatic carbocycles. The highest BCUT2D eigenvalue weighted by Crippen LogP contribution is 2.62. The summed E-state index contributed by atoms with van der Waals surface area (Å²) in [5.74, 6) is -1.04. The molecule has 2 aliphatic heterocycles. The fourth-order valence-electron chi connectivity index (χ4n) is 7.05. The number of aldehydes is 1. The van der Waals surface area contributed by atoms with E-state index < -0.39 is 57.4 Å². The van der Waals surface area contributed by atoms with Crippen molar-refractivity contribution in [3.8, 4) is 0 Å². The van der Waals surface area contributed by atoms with Gasteiger partial charge >= 0.3 is 13.7 Å². The number of carbonyl (C=O) groups excluding carboxylic acids is 1. The first-order valence-electron chi connectivity index (χ1n) is 19.2. The van der Waals surface area contributed by atoms with Crippen LogP contribution in [-0.4, -0.2) is 141 Å². The van der Waals surface area contributed by atoms with Crippen LogP contribution in [-0.2, 0) is 55.2 Å². The number of hydrogen-bond donors (Lipinski definition) is 1. The maximum absolute atomic E-state index is 14.8. The van der Waals surface area contributed by atoms with Gasteiger partial charge in [0, 0.05) is 27.8 Å². The Morgan fingerprint density at radius 3 is 2.49 bits per heavy atom. The minimum atomic E-state index is -4.16. The minimum absolute atomic E-state index is 0.0358. The number of aromatic nitrogens is 8. The molecule has 3 fully saturated rings. The maximum atomic E-state index is 14.8. The molecule has 3 aromatic rings. The summed E-state index contributed by atoms with van der Waals surface area (Å²) in [4.78, 5) is 35.7. The van der Waals surface area contributed by atoms with Gasteiger partial charge < -0.3 is 42.6 Å². The van der Waals surface area contributed by atoms with E-state index in [0.717, 1.165) is 12.5 Å². The molecule has 21 nitrogen and oxygen atoms in total. The predicted molar refractivity (Wildman–Crippen MR) is 204 cm³/mol. The third kappa shape index (κ3) is 9.29. The minimum Gasteiger partial charge on any atom is -0.465 e. The van der Waals surface area contributed by atoms with Crippen molar-refractivity contribution in [2.75, 3.05) is 45.0 Å². The second-order valence-corrected chi connectivity index (χ2v) is 23.8. The quantitative estimate of drug-likeness (QED) is 0.0683. The van der Waals surface area contributed by atoms with Gasteiger partial charge in [-0.05, 0) is 58.2 Å². The lowest BCUT2D eigenvalue weighted by molar-refractivity contribution is -0.207. The third-order valence-electron chi connectivity index (χ3n) is 9.91. The van der Waals surface area contributed by atoms with Gasteiger partial charge in [0.05, 0.1) is 44.4 Å². The fraction of sp³-hybridized carbons (Fsp3) is 0.765. The maximum Gasteiger partial charge on any atom is 0.413 e. The fourth-order valence-corrected chi connectivity index (χ4v) is 9.89. The van der Waals surface area contributed by atoms with Crippen molar-refractivity contribution in [1.82, 2.24) is 40.0 Å². The number of tetrazole rings is 1. The van der Waals surface area contributed by atoms with E-state index >= 15 is 0 Å². The molecule has 57 heavy (non-hydrogen) atoms. The van der Waals surface area contributed by atoms with Crippen LogP contribution in [0.15, 0.2) is 6.20 Å². The Morgan fingerprint density at radius 2 is 1.88 bits per heavy atom. The SMILES string of the molecule is CCOP(=O)(OCC)[C@@](COC)(Cc1nnn(COCC[Si](C)(C)C)n1)OC[C@H]1O[C@@H](n2ncc3c(N(C(=O)O)C4CCC4)nc(C=O)nc32)[C@@H]2OC(C)(C)O[C@@H]21. The first-order chi connectivity index (χ1) is 27.1. The van der Waals surface area contributed by atoms with Gasteiger partial charge in [-0.3, -0.25) is 14.3 Å². The zero-order valence-electron chi connectivity index (χ0n) is 33.7. The topological polar surface area (TPSA) is 236 Å². The number of rotatable bonds is 21. The lowest BCUT2D eigenvalue weighted by Crippen LogP contribution is -2.45. The molecule has 5 atom stereocenters. The lowest BCUT2D eigenvalue weighted by Gasteiger charge is -2.38. The smallest absolute Gasteiger partial charge is 0.413 e. The van der Waals surface area contributed by atoms with Crippen LogP contribution in [0.4, 0.5) is 10.6 Å². The van der Waals surface area contributed by atoms with Gasteiger partial charge in [0.1, 0.15) is 18.3 Å². The molecule has 6 rings (SSSR count). The van der Waals surface area contributed by atoms with Gasteiger partial charge in [0.15, 0.2) is 53.5 Å². The summed E-state index contributed by atoms with van der Waals surface area (Å²) in [7, 11) is -4.03. The molecule has 0 unspecified atom stereocenters. The van der Waals surface area contributed by atoms with E-state index in [1.165, 1.54) is 27.7 Å². The molecule has 23 heteroatoms. The number of fused-ring (bicyclic) bond motifs is 2. The van der Waals surface area contributed by atoms with Crippen LogP contribution in [0, 0.1) is 0 Å². The summed E-state index contributed by atoms with van der Waals surface area (Å²) < 4.78 is 65.3. The number of carboxylic acid groups (broad SMARTS) is 1. The standard InChI is InChI=1S/C34H54N9O12PSi/c1-9-51-56(47,52-10-2)34(20-48-5,16-25-38-40-41(39-25)21-49-14-15-57(6,7)8)50-19-24-27-28(55-33(3,4)54-27)31(53-24)43-30-23(17-35-43)29(36-26(18-44)37-30)42(32(45)46)22-12-11-13-22/h17-18,22,24,27-28,31H,9-16,19-21H2,1-8H3,(H,45,46)/t24-,27-,28-,31-,34-/m1/s1. The second-order valence-electron chi connectivity index (χ2n) is 15.8. The Labute approximate surface area is 331 Å². The van der Waals surface area contributed by atoms with E-state index in [4.69, 9.17) is 37.5 Å². The van der Waals surface area contributed by atoms with Gasteiger partial charge in [0.25, 0.3) is 0 Å². The van der Waals surface area contributed by atoms with Crippen LogP contribution in [0.1, 0.15) is 69.6 Å². The van der Waals surface area contributed by atoms with E-state index in [1.54, 1.807) is 27.7 Å². The number of anilines is 1. The molecule has 316 valence electrons. The Bertz CT molecular complexity index is 1910. The van der Waals surface area contributed by atoms with Crippen molar-refractivity contribution < 1.29 is 56.7 Å². The zero-order valence-corrected chi connectivity index (χ0v) is 35.6. The van der Waals surface area contributed by atoms with Gasteiger partial charge in [-0.1, -0.05) is 19.6 Å². The zero-order chi connectivity index (χ0) is 41.2. The largest absolute Gasteiger partial charge is 0.465 e. The molecule has 0 spiro atoms. The molecule has 3 aliphatic rings. The molecule has 2 saturated heterocycles. The van der Waals surface area contributed by atoms with E-state index in [1.807, 2.05) is 0 Å². The normalized spacial score (nSPS) is 23.4. The first kappa shape index (κ1) is 43.3. The molecule has 0 aromatic carbocycles. The Hall–Kier alpha value is -3.31. The summed E-state index contributed by atoms with van der Waals surface area (Å²) in [6, 6.07) is 0.673. The van der Waals surface area contributed by atoms with Crippen molar-refractivity contribution in [2.45, 2.75) is 128 Å². The van der Waals surface area contributed by atoms with E-state index in [-0.39, 0.29) is 68.7 Å². The molecule has 0 bridgehead atoms. The highest BCUT2D eigenvalue weighted by atomic mass is 31.2. The van der Waals surface area contributed by atoms with Crippen LogP contribution in [0.2, 0.25) is 25.7 Å². The Kier molecular flexibility index (Phi) is 13.3. The summed E-state index contributed by atoms with van der Waals surface area (Å²) in [5.41, 5.74) is 0.163. The number of nitrogens with zero attached hydrogens (tertiary/aromatic N) is 9. The van der Waals surface area contributed by atoms with Crippen LogP contribution in [0.3, 0.4) is 0 Å². The average Bonchev–Trinajstić information content (AvgIpc) is 3.89. The summed E-state index contributed by atoms with van der Waals surface area (Å²) in [6.45, 7) is 13.9. The van der Waals surface area contributed by atoms with Gasteiger partial charge in [-0.2, -0.15) is 5.10 Å². The van der Waals surface area contributed by atoms with E-state index in [2.05, 4.69) is 50.1 Å². The number of amides is 1. The second kappa shape index (κ2) is 17.5. The third-order valence-corrected chi connectivity index (χ3v) is 14.2. The highest BCUT2D eigenvalue weighted by molar-refractivity contribution is 7.55. The summed E-state index contributed by atoms with van der Waals surface area (Å²) in [6.07, 6.45) is -0.671. The van der Waals surface area contributed by atoms with Crippen LogP contribution in [0.25, 0.3) is 11.0 Å². The Morgan fingerprint density at radius 1 is 1.16 bits per heavy atom. The number of hydrogen-bond acceptors (Lipinski definition) is 17. The number of methoxy groups -OCH3 is 1. The van der Waals surface area contributed by atoms with Crippen molar-refractivity contribution in [2.24, 2.45) is 0 Å². The van der Waals surface area contributed by atoms with Crippen LogP contribution in [0.5, 0.6) is 0 Å². The van der Waals surface area contributed by atoms with E-state index in [0.29, 0.717) is 31.1 Å². The Balaban J connectivity index is 1.31.